The average molecular weight is 312 g/mol. The number of rotatable bonds is 3. The number of benzene rings is 2. The van der Waals surface area contributed by atoms with Crippen molar-refractivity contribution in [3.8, 4) is 0 Å². The Bertz CT molecular complexity index is 681. The summed E-state index contributed by atoms with van der Waals surface area (Å²) < 4.78 is 32.1. The second-order valence-electron chi connectivity index (χ2n) is 4.46. The van der Waals surface area contributed by atoms with Crippen LogP contribution in [0.2, 0.25) is 5.02 Å². The predicted octanol–water partition coefficient (Wildman–Crippen LogP) is 3.87. The number of ether oxygens (including phenoxy) is 1. The van der Waals surface area contributed by atoms with E-state index in [-0.39, 0.29) is 34.0 Å². The summed E-state index contributed by atoms with van der Waals surface area (Å²) in [5, 5.41) is -0.0610. The summed E-state index contributed by atoms with van der Waals surface area (Å²) in [5.41, 5.74) is 6.10. The molecule has 0 atom stereocenters. The van der Waals surface area contributed by atoms with Crippen molar-refractivity contribution in [2.45, 2.75) is 13.5 Å². The van der Waals surface area contributed by atoms with Gasteiger partial charge in [-0.2, -0.15) is 0 Å². The van der Waals surface area contributed by atoms with Crippen molar-refractivity contribution in [1.29, 1.82) is 0 Å². The fraction of sp³-hybridized carbons (Fsp3) is 0.133. The molecule has 2 aromatic carbocycles. The van der Waals surface area contributed by atoms with E-state index >= 15 is 0 Å². The number of carbonyl (C=O) groups is 1. The van der Waals surface area contributed by atoms with Crippen molar-refractivity contribution in [3.63, 3.8) is 0 Å². The molecule has 0 aliphatic heterocycles. The monoisotopic (exact) mass is 311 g/mol. The van der Waals surface area contributed by atoms with Gasteiger partial charge in [0.25, 0.3) is 0 Å². The molecule has 0 unspecified atom stereocenters. The van der Waals surface area contributed by atoms with Gasteiger partial charge in [0.15, 0.2) is 0 Å². The summed E-state index contributed by atoms with van der Waals surface area (Å²) in [4.78, 5) is 11.8. The lowest BCUT2D eigenvalue weighted by Crippen LogP contribution is -2.08. The fourth-order valence-electron chi connectivity index (χ4n) is 1.70. The minimum absolute atomic E-state index is 0.0296. The van der Waals surface area contributed by atoms with Gasteiger partial charge in [0.2, 0.25) is 0 Å². The van der Waals surface area contributed by atoms with E-state index in [4.69, 9.17) is 22.1 Å². The first-order valence-electron chi connectivity index (χ1n) is 6.05. The lowest BCUT2D eigenvalue weighted by atomic mass is 10.1. The van der Waals surface area contributed by atoms with E-state index in [2.05, 4.69) is 0 Å². The Hall–Kier alpha value is -2.14. The smallest absolute Gasteiger partial charge is 0.338 e. The highest BCUT2D eigenvalue weighted by Gasteiger charge is 2.14. The predicted molar refractivity (Wildman–Crippen MR) is 76.1 cm³/mol. The van der Waals surface area contributed by atoms with Crippen LogP contribution in [0.5, 0.6) is 0 Å². The van der Waals surface area contributed by atoms with E-state index in [0.717, 1.165) is 6.07 Å². The van der Waals surface area contributed by atoms with E-state index in [0.29, 0.717) is 0 Å². The first-order chi connectivity index (χ1) is 9.90. The van der Waals surface area contributed by atoms with E-state index in [9.17, 15) is 13.6 Å². The van der Waals surface area contributed by atoms with Crippen LogP contribution in [0, 0.1) is 18.6 Å². The lowest BCUT2D eigenvalue weighted by molar-refractivity contribution is 0.0468. The molecular formula is C15H12ClF2NO2. The number of nitrogens with two attached hydrogens (primary N) is 1. The second kappa shape index (κ2) is 6.10. The topological polar surface area (TPSA) is 52.3 Å². The van der Waals surface area contributed by atoms with Crippen molar-refractivity contribution in [2.24, 2.45) is 0 Å². The number of hydrogen-bond donors (Lipinski definition) is 1. The normalized spacial score (nSPS) is 10.5. The lowest BCUT2D eigenvalue weighted by Gasteiger charge is -2.08. The fourth-order valence-corrected chi connectivity index (χ4v) is 1.90. The van der Waals surface area contributed by atoms with Crippen molar-refractivity contribution in [1.82, 2.24) is 0 Å². The molecule has 2 rings (SSSR count). The largest absolute Gasteiger partial charge is 0.457 e. The summed E-state index contributed by atoms with van der Waals surface area (Å²) in [6.45, 7) is 1.20. The Kier molecular flexibility index (Phi) is 4.43. The highest BCUT2D eigenvalue weighted by atomic mass is 35.5. The van der Waals surface area contributed by atoms with Gasteiger partial charge in [-0.3, -0.25) is 0 Å². The van der Waals surface area contributed by atoms with Crippen LogP contribution < -0.4 is 5.73 Å². The summed E-state index contributed by atoms with van der Waals surface area (Å²) in [5.74, 6) is -2.04. The van der Waals surface area contributed by atoms with E-state index < -0.39 is 17.6 Å². The Morgan fingerprint density at radius 2 is 2.05 bits per heavy atom. The molecule has 0 aromatic heterocycles. The third kappa shape index (κ3) is 3.31. The van der Waals surface area contributed by atoms with Gasteiger partial charge in [-0.25, -0.2) is 13.6 Å². The number of nitrogen functional groups attached to an aromatic ring is 1. The van der Waals surface area contributed by atoms with Crippen LogP contribution in [0.4, 0.5) is 14.5 Å². The maximum atomic E-state index is 13.6. The van der Waals surface area contributed by atoms with Crippen LogP contribution in [0.25, 0.3) is 0 Å². The maximum absolute atomic E-state index is 13.6. The molecule has 0 aliphatic rings. The van der Waals surface area contributed by atoms with Gasteiger partial charge >= 0.3 is 5.97 Å². The summed E-state index contributed by atoms with van der Waals surface area (Å²) >= 11 is 5.62. The van der Waals surface area contributed by atoms with Crippen molar-refractivity contribution < 1.29 is 18.3 Å². The van der Waals surface area contributed by atoms with Crippen LogP contribution in [-0.2, 0) is 11.3 Å². The van der Waals surface area contributed by atoms with E-state index in [1.807, 2.05) is 0 Å². The van der Waals surface area contributed by atoms with Crippen molar-refractivity contribution in [3.05, 3.63) is 63.7 Å². The second-order valence-corrected chi connectivity index (χ2v) is 4.87. The third-order valence-electron chi connectivity index (χ3n) is 3.01. The zero-order chi connectivity index (χ0) is 15.6. The standard InChI is InChI=1S/C15H12ClF2NO2/c1-8-12(17)5-10(6-13(8)19)15(20)21-7-9-3-2-4-11(16)14(9)18/h2-6H,7,19H2,1H3. The molecule has 0 radical (unpaired) electrons. The van der Waals surface area contributed by atoms with Gasteiger partial charge in [-0.15, -0.1) is 0 Å². The third-order valence-corrected chi connectivity index (χ3v) is 3.30. The summed E-state index contributed by atoms with van der Waals surface area (Å²) in [7, 11) is 0. The number of halogens is 3. The molecule has 6 heteroatoms. The highest BCUT2D eigenvalue weighted by Crippen LogP contribution is 2.21. The molecule has 2 N–H and O–H groups in total. The molecule has 2 aromatic rings. The molecule has 0 fully saturated rings. The Morgan fingerprint density at radius 3 is 2.71 bits per heavy atom. The van der Waals surface area contributed by atoms with E-state index in [1.165, 1.54) is 31.2 Å². The van der Waals surface area contributed by atoms with Gasteiger partial charge in [0, 0.05) is 16.8 Å². The number of carbonyl (C=O) groups excluding carboxylic acids is 1. The number of anilines is 1. The SMILES string of the molecule is Cc1c(N)cc(C(=O)OCc2cccc(Cl)c2F)cc1F. The zero-order valence-corrected chi connectivity index (χ0v) is 11.9. The Balaban J connectivity index is 2.14. The van der Waals surface area contributed by atoms with Gasteiger partial charge < -0.3 is 10.5 Å². The molecule has 0 heterocycles. The Labute approximate surface area is 125 Å². The minimum atomic E-state index is -0.792. The first kappa shape index (κ1) is 15.3. The van der Waals surface area contributed by atoms with Crippen LogP contribution in [-0.4, -0.2) is 5.97 Å². The average Bonchev–Trinajstić information content (AvgIpc) is 2.45. The molecule has 0 aliphatic carbocycles. The molecule has 0 spiro atoms. The molecule has 0 amide bonds. The molecule has 0 saturated carbocycles. The van der Waals surface area contributed by atoms with Crippen LogP contribution in [0.1, 0.15) is 21.5 Å². The Morgan fingerprint density at radius 1 is 1.33 bits per heavy atom. The summed E-state index contributed by atoms with van der Waals surface area (Å²) in [6, 6.07) is 6.71. The quantitative estimate of drug-likeness (QED) is 0.691. The molecule has 21 heavy (non-hydrogen) atoms. The molecule has 3 nitrogen and oxygen atoms in total. The van der Waals surface area contributed by atoms with E-state index in [1.54, 1.807) is 0 Å². The van der Waals surface area contributed by atoms with Crippen molar-refractivity contribution >= 4 is 23.3 Å². The van der Waals surface area contributed by atoms with Gasteiger partial charge in [0.1, 0.15) is 18.2 Å². The molecular weight excluding hydrogens is 300 g/mol. The highest BCUT2D eigenvalue weighted by molar-refractivity contribution is 6.30. The number of hydrogen-bond acceptors (Lipinski definition) is 3. The molecule has 110 valence electrons. The zero-order valence-electron chi connectivity index (χ0n) is 11.1. The summed E-state index contributed by atoms with van der Waals surface area (Å²) in [6.07, 6.45) is 0. The van der Waals surface area contributed by atoms with Crippen molar-refractivity contribution in [2.75, 3.05) is 5.73 Å². The first-order valence-corrected chi connectivity index (χ1v) is 6.43. The van der Waals surface area contributed by atoms with Crippen LogP contribution >= 0.6 is 11.6 Å². The van der Waals surface area contributed by atoms with Crippen LogP contribution in [0.3, 0.4) is 0 Å². The minimum Gasteiger partial charge on any atom is -0.457 e. The molecule has 0 bridgehead atoms. The number of esters is 1. The maximum Gasteiger partial charge on any atom is 0.338 e. The van der Waals surface area contributed by atoms with Gasteiger partial charge in [-0.05, 0) is 25.1 Å². The molecule has 0 saturated heterocycles. The van der Waals surface area contributed by atoms with Crippen LogP contribution in [0.15, 0.2) is 30.3 Å². The van der Waals surface area contributed by atoms with Gasteiger partial charge in [0.05, 0.1) is 10.6 Å². The van der Waals surface area contributed by atoms with Gasteiger partial charge in [-0.1, -0.05) is 23.7 Å².